The van der Waals surface area contributed by atoms with E-state index in [-0.39, 0.29) is 0 Å². The van der Waals surface area contributed by atoms with Crippen LogP contribution in [0.15, 0.2) is 12.1 Å². The number of halogens is 3. The van der Waals surface area contributed by atoms with E-state index in [1.807, 2.05) is 6.92 Å². The van der Waals surface area contributed by atoms with Crippen LogP contribution in [-0.2, 0) is 6.42 Å². The van der Waals surface area contributed by atoms with Crippen molar-refractivity contribution in [2.24, 2.45) is 0 Å². The van der Waals surface area contributed by atoms with Crippen LogP contribution in [0.2, 0.25) is 0 Å². The summed E-state index contributed by atoms with van der Waals surface area (Å²) in [4.78, 5) is 0. The van der Waals surface area contributed by atoms with Crippen LogP contribution < -0.4 is 0 Å². The summed E-state index contributed by atoms with van der Waals surface area (Å²) < 4.78 is 37.8. The summed E-state index contributed by atoms with van der Waals surface area (Å²) in [6.07, 6.45) is 2.38. The topological polar surface area (TPSA) is 0 Å². The summed E-state index contributed by atoms with van der Waals surface area (Å²) in [6.45, 7) is 1.98. The van der Waals surface area contributed by atoms with Crippen LogP contribution in [0.4, 0.5) is 13.2 Å². The Labute approximate surface area is 75.4 Å². The molecule has 1 aromatic rings. The van der Waals surface area contributed by atoms with Gasteiger partial charge in [0.15, 0.2) is 17.5 Å². The van der Waals surface area contributed by atoms with Gasteiger partial charge in [-0.1, -0.05) is 13.3 Å². The van der Waals surface area contributed by atoms with E-state index < -0.39 is 17.5 Å². The van der Waals surface area contributed by atoms with E-state index in [1.54, 1.807) is 0 Å². The molecule has 0 amide bonds. The number of rotatable bonds is 3. The van der Waals surface area contributed by atoms with Gasteiger partial charge in [-0.25, -0.2) is 13.2 Å². The van der Waals surface area contributed by atoms with Crippen molar-refractivity contribution < 1.29 is 13.2 Å². The highest BCUT2D eigenvalue weighted by atomic mass is 19.2. The third-order valence-corrected chi connectivity index (χ3v) is 1.86. The molecule has 0 aliphatic carbocycles. The molecule has 0 atom stereocenters. The van der Waals surface area contributed by atoms with Gasteiger partial charge in [0.2, 0.25) is 0 Å². The highest BCUT2D eigenvalue weighted by molar-refractivity contribution is 5.19. The van der Waals surface area contributed by atoms with Gasteiger partial charge in [-0.05, 0) is 30.5 Å². The molecule has 3 heteroatoms. The number of hydrogen-bond donors (Lipinski definition) is 0. The fourth-order valence-electron chi connectivity index (χ4n) is 1.13. The Morgan fingerprint density at radius 3 is 2.08 bits per heavy atom. The highest BCUT2D eigenvalue weighted by Gasteiger charge is 2.09. The molecule has 1 rings (SSSR count). The molecule has 0 aliphatic heterocycles. The second-order valence-corrected chi connectivity index (χ2v) is 2.98. The first-order valence-electron chi connectivity index (χ1n) is 4.28. The molecule has 0 saturated heterocycles. The van der Waals surface area contributed by atoms with Crippen LogP contribution in [-0.4, -0.2) is 0 Å². The zero-order valence-corrected chi connectivity index (χ0v) is 7.41. The number of benzene rings is 1. The summed E-state index contributed by atoms with van der Waals surface area (Å²) in [6, 6.07) is 2.10. The predicted molar refractivity (Wildman–Crippen MR) is 44.9 cm³/mol. The molecule has 0 aliphatic rings. The van der Waals surface area contributed by atoms with E-state index in [0.717, 1.165) is 25.0 Å². The van der Waals surface area contributed by atoms with Crippen molar-refractivity contribution in [2.75, 3.05) is 0 Å². The largest absolute Gasteiger partial charge is 0.204 e. The van der Waals surface area contributed by atoms with Crippen molar-refractivity contribution in [2.45, 2.75) is 26.2 Å². The van der Waals surface area contributed by atoms with E-state index in [4.69, 9.17) is 0 Å². The minimum absolute atomic E-state index is 0.512. The number of hydrogen-bond acceptors (Lipinski definition) is 0. The summed E-state index contributed by atoms with van der Waals surface area (Å²) >= 11 is 0. The molecule has 0 saturated carbocycles. The minimum atomic E-state index is -1.39. The maximum atomic E-state index is 12.7. The number of aryl methyl sites for hydroxylation is 1. The fourth-order valence-corrected chi connectivity index (χ4v) is 1.13. The molecule has 0 heterocycles. The Bertz CT molecular complexity index is 271. The molecular formula is C10H11F3. The van der Waals surface area contributed by atoms with Crippen LogP contribution in [0.25, 0.3) is 0 Å². The van der Waals surface area contributed by atoms with Gasteiger partial charge in [-0.3, -0.25) is 0 Å². The average molecular weight is 188 g/mol. The minimum Gasteiger partial charge on any atom is -0.204 e. The molecule has 0 unspecified atom stereocenters. The van der Waals surface area contributed by atoms with E-state index in [0.29, 0.717) is 12.0 Å². The maximum Gasteiger partial charge on any atom is 0.194 e. The van der Waals surface area contributed by atoms with Crippen LogP contribution in [0.5, 0.6) is 0 Å². The average Bonchev–Trinajstić information content (AvgIpc) is 2.10. The van der Waals surface area contributed by atoms with Crippen molar-refractivity contribution in [3.63, 3.8) is 0 Å². The zero-order valence-electron chi connectivity index (χ0n) is 7.41. The van der Waals surface area contributed by atoms with Crippen LogP contribution >= 0.6 is 0 Å². The van der Waals surface area contributed by atoms with Crippen molar-refractivity contribution in [3.05, 3.63) is 35.1 Å². The van der Waals surface area contributed by atoms with Gasteiger partial charge in [-0.2, -0.15) is 0 Å². The Morgan fingerprint density at radius 2 is 1.62 bits per heavy atom. The van der Waals surface area contributed by atoms with Crippen molar-refractivity contribution in [3.8, 4) is 0 Å². The first-order chi connectivity index (χ1) is 6.15. The Hall–Kier alpha value is -0.990. The molecule has 0 radical (unpaired) electrons. The lowest BCUT2D eigenvalue weighted by molar-refractivity contribution is 0.445. The van der Waals surface area contributed by atoms with Gasteiger partial charge in [0.05, 0.1) is 0 Å². The summed E-state index contributed by atoms with van der Waals surface area (Å²) in [5, 5.41) is 0. The molecule has 1 aromatic carbocycles. The summed E-state index contributed by atoms with van der Waals surface area (Å²) in [5.74, 6) is -3.60. The molecule has 0 bridgehead atoms. The van der Waals surface area contributed by atoms with Crippen molar-refractivity contribution in [1.29, 1.82) is 0 Å². The molecule has 0 nitrogen and oxygen atoms in total. The lowest BCUT2D eigenvalue weighted by atomic mass is 10.1. The second-order valence-electron chi connectivity index (χ2n) is 2.98. The normalized spacial score (nSPS) is 10.5. The van der Waals surface area contributed by atoms with Gasteiger partial charge < -0.3 is 0 Å². The molecule has 0 fully saturated rings. The fraction of sp³-hybridized carbons (Fsp3) is 0.400. The van der Waals surface area contributed by atoms with Crippen LogP contribution in [0.3, 0.4) is 0 Å². The third-order valence-electron chi connectivity index (χ3n) is 1.86. The van der Waals surface area contributed by atoms with Crippen molar-refractivity contribution in [1.82, 2.24) is 0 Å². The van der Waals surface area contributed by atoms with Gasteiger partial charge in [0.1, 0.15) is 0 Å². The van der Waals surface area contributed by atoms with Crippen LogP contribution in [0.1, 0.15) is 25.3 Å². The van der Waals surface area contributed by atoms with Gasteiger partial charge >= 0.3 is 0 Å². The second kappa shape index (κ2) is 4.30. The van der Waals surface area contributed by atoms with Gasteiger partial charge in [-0.15, -0.1) is 0 Å². The lowest BCUT2D eigenvalue weighted by Crippen LogP contribution is -1.94. The first-order valence-corrected chi connectivity index (χ1v) is 4.28. The van der Waals surface area contributed by atoms with Crippen molar-refractivity contribution >= 4 is 0 Å². The Kier molecular flexibility index (Phi) is 3.34. The Balaban J connectivity index is 2.86. The molecular weight excluding hydrogens is 177 g/mol. The lowest BCUT2D eigenvalue weighted by Gasteiger charge is -2.01. The quantitative estimate of drug-likeness (QED) is 0.637. The smallest absolute Gasteiger partial charge is 0.194 e. The zero-order chi connectivity index (χ0) is 9.84. The Morgan fingerprint density at radius 1 is 1.08 bits per heavy atom. The molecule has 0 spiro atoms. The predicted octanol–water partition coefficient (Wildman–Crippen LogP) is 3.45. The SMILES string of the molecule is CCCCc1cc(F)c(F)c(F)c1. The van der Waals surface area contributed by atoms with Crippen LogP contribution in [0, 0.1) is 17.5 Å². The molecule has 72 valence electrons. The molecule has 13 heavy (non-hydrogen) atoms. The monoisotopic (exact) mass is 188 g/mol. The number of unbranched alkanes of at least 4 members (excludes halogenated alkanes) is 1. The molecule has 0 aromatic heterocycles. The van der Waals surface area contributed by atoms with Gasteiger partial charge in [0.25, 0.3) is 0 Å². The van der Waals surface area contributed by atoms with E-state index >= 15 is 0 Å². The van der Waals surface area contributed by atoms with Gasteiger partial charge in [0, 0.05) is 0 Å². The van der Waals surface area contributed by atoms with E-state index in [2.05, 4.69) is 0 Å². The van der Waals surface area contributed by atoms with E-state index in [9.17, 15) is 13.2 Å². The highest BCUT2D eigenvalue weighted by Crippen LogP contribution is 2.15. The summed E-state index contributed by atoms with van der Waals surface area (Å²) in [7, 11) is 0. The standard InChI is InChI=1S/C10H11F3/c1-2-3-4-7-5-8(11)10(13)9(12)6-7/h5-6H,2-4H2,1H3. The first kappa shape index (κ1) is 10.1. The van der Waals surface area contributed by atoms with E-state index in [1.165, 1.54) is 0 Å². The maximum absolute atomic E-state index is 12.7. The third kappa shape index (κ3) is 2.47. The molecule has 0 N–H and O–H groups in total. The summed E-state index contributed by atoms with van der Waals surface area (Å²) in [5.41, 5.74) is 0.512.